The van der Waals surface area contributed by atoms with Crippen molar-refractivity contribution in [3.63, 3.8) is 0 Å². The molecule has 3 aromatic rings. The molecule has 1 atom stereocenters. The maximum Gasteiger partial charge on any atom is 0.295 e. The van der Waals surface area contributed by atoms with Gasteiger partial charge in [0, 0.05) is 12.6 Å². The Morgan fingerprint density at radius 3 is 2.45 bits per heavy atom. The van der Waals surface area contributed by atoms with E-state index in [0.717, 1.165) is 22.4 Å². The van der Waals surface area contributed by atoms with E-state index < -0.39 is 4.87 Å². The van der Waals surface area contributed by atoms with Gasteiger partial charge < -0.3 is 5.32 Å². The molecule has 1 aromatic heterocycles. The summed E-state index contributed by atoms with van der Waals surface area (Å²) in [5, 5.41) is 2.97. The van der Waals surface area contributed by atoms with Gasteiger partial charge in [0.2, 0.25) is 10.8 Å². The molecular formula is C23H22N4O3S. The molecule has 0 saturated carbocycles. The second-order valence-electron chi connectivity index (χ2n) is 8.03. The maximum absolute atomic E-state index is 13.6. The summed E-state index contributed by atoms with van der Waals surface area (Å²) in [6, 6.07) is 13.2. The summed E-state index contributed by atoms with van der Waals surface area (Å²) < 4.78 is 3.26. The van der Waals surface area contributed by atoms with Gasteiger partial charge in [-0.2, -0.15) is 0 Å². The average molecular weight is 435 g/mol. The van der Waals surface area contributed by atoms with E-state index in [0.29, 0.717) is 11.4 Å². The molecule has 1 N–H and O–H groups in total. The number of para-hydroxylation sites is 1. The molecule has 2 aliphatic heterocycles. The van der Waals surface area contributed by atoms with Crippen LogP contribution in [0.15, 0.2) is 47.3 Å². The number of rotatable bonds is 2. The molecule has 8 heteroatoms. The van der Waals surface area contributed by atoms with Crippen molar-refractivity contribution in [3.05, 3.63) is 75.2 Å². The highest BCUT2D eigenvalue weighted by molar-refractivity contribution is 8.02. The summed E-state index contributed by atoms with van der Waals surface area (Å²) in [7, 11) is 1.78. The molecule has 158 valence electrons. The Morgan fingerprint density at radius 1 is 1.03 bits per heavy atom. The lowest BCUT2D eigenvalue weighted by molar-refractivity contribution is -0.122. The second kappa shape index (κ2) is 6.62. The molecule has 1 unspecified atom stereocenters. The Hall–Kier alpha value is -3.26. The van der Waals surface area contributed by atoms with Crippen molar-refractivity contribution in [1.29, 1.82) is 0 Å². The second-order valence-corrected chi connectivity index (χ2v) is 9.20. The molecular weight excluding hydrogens is 412 g/mol. The topological polar surface area (TPSA) is 76.3 Å². The third kappa shape index (κ3) is 2.51. The van der Waals surface area contributed by atoms with E-state index >= 15 is 0 Å². The van der Waals surface area contributed by atoms with Crippen LogP contribution in [-0.4, -0.2) is 26.9 Å². The number of aromatic nitrogens is 2. The molecule has 2 aliphatic rings. The summed E-state index contributed by atoms with van der Waals surface area (Å²) in [5.41, 5.74) is 4.62. The number of nitrogens with zero attached hydrogens (tertiary/aromatic N) is 3. The van der Waals surface area contributed by atoms with Gasteiger partial charge in [0.1, 0.15) is 5.69 Å². The van der Waals surface area contributed by atoms with Crippen LogP contribution in [0.5, 0.6) is 0 Å². The van der Waals surface area contributed by atoms with Crippen LogP contribution in [0.3, 0.4) is 0 Å². The first-order valence-corrected chi connectivity index (χ1v) is 11.0. The highest BCUT2D eigenvalue weighted by Gasteiger charge is 2.60. The number of carbonyl (C=O) groups excluding carboxylic acids is 2. The minimum atomic E-state index is -1.29. The van der Waals surface area contributed by atoms with Crippen LogP contribution in [0.1, 0.15) is 22.4 Å². The third-order valence-electron chi connectivity index (χ3n) is 6.11. The van der Waals surface area contributed by atoms with Gasteiger partial charge in [-0.15, -0.1) is 11.8 Å². The maximum atomic E-state index is 13.6. The van der Waals surface area contributed by atoms with Crippen molar-refractivity contribution in [2.45, 2.75) is 25.6 Å². The van der Waals surface area contributed by atoms with E-state index in [1.54, 1.807) is 18.7 Å². The van der Waals surface area contributed by atoms with Crippen LogP contribution in [0, 0.1) is 20.8 Å². The molecule has 1 fully saturated rings. The van der Waals surface area contributed by atoms with Crippen molar-refractivity contribution >= 4 is 35.0 Å². The fourth-order valence-electron chi connectivity index (χ4n) is 4.65. The van der Waals surface area contributed by atoms with Crippen LogP contribution in [-0.2, 0) is 21.5 Å². The highest BCUT2D eigenvalue weighted by atomic mass is 32.2. The predicted molar refractivity (Wildman–Crippen MR) is 122 cm³/mol. The number of aryl methyl sites for hydroxylation is 2. The number of hydrogen-bond donors (Lipinski definition) is 1. The molecule has 0 aliphatic carbocycles. The normalized spacial score (nSPS) is 19.9. The Bertz CT molecular complexity index is 1320. The molecule has 31 heavy (non-hydrogen) atoms. The van der Waals surface area contributed by atoms with E-state index in [1.165, 1.54) is 21.3 Å². The first-order chi connectivity index (χ1) is 14.8. The molecule has 2 aromatic carbocycles. The van der Waals surface area contributed by atoms with E-state index in [1.807, 2.05) is 56.3 Å². The molecule has 0 bridgehead atoms. The summed E-state index contributed by atoms with van der Waals surface area (Å²) in [4.78, 5) is 40.4. The average Bonchev–Trinajstić information content (AvgIpc) is 3.29. The first kappa shape index (κ1) is 19.7. The molecule has 0 radical (unpaired) electrons. The van der Waals surface area contributed by atoms with Gasteiger partial charge in [-0.05, 0) is 38.5 Å². The number of anilines is 2. The zero-order valence-electron chi connectivity index (χ0n) is 17.7. The van der Waals surface area contributed by atoms with Crippen molar-refractivity contribution in [2.75, 3.05) is 16.0 Å². The standard InChI is InChI=1S/C23H22N4O3S/c1-13-10-14(2)19-17(11-13)23(22(30)24-19)26(18(28)12-31-23)20-15(3)25(4)27(21(20)29)16-8-6-5-7-9-16/h5-11H,12H2,1-4H3,(H,24,30). The van der Waals surface area contributed by atoms with E-state index in [4.69, 9.17) is 0 Å². The molecule has 1 spiro atoms. The van der Waals surface area contributed by atoms with Crippen LogP contribution < -0.4 is 15.8 Å². The van der Waals surface area contributed by atoms with E-state index in [2.05, 4.69) is 5.32 Å². The van der Waals surface area contributed by atoms with E-state index in [9.17, 15) is 14.4 Å². The number of carbonyl (C=O) groups is 2. The number of nitrogens with one attached hydrogen (secondary N) is 1. The van der Waals surface area contributed by atoms with Crippen molar-refractivity contribution in [3.8, 4) is 5.69 Å². The Labute approximate surface area is 183 Å². The van der Waals surface area contributed by atoms with Gasteiger partial charge in [-0.25, -0.2) is 4.68 Å². The quantitative estimate of drug-likeness (QED) is 0.673. The number of amides is 2. The lowest BCUT2D eigenvalue weighted by Gasteiger charge is -2.31. The lowest BCUT2D eigenvalue weighted by atomic mass is 9.99. The first-order valence-electron chi connectivity index (χ1n) is 10.0. The zero-order valence-corrected chi connectivity index (χ0v) is 18.5. The van der Waals surface area contributed by atoms with Gasteiger partial charge in [-0.3, -0.25) is 24.0 Å². The molecule has 3 heterocycles. The fourth-order valence-corrected chi connectivity index (χ4v) is 5.93. The Morgan fingerprint density at radius 2 is 1.74 bits per heavy atom. The molecule has 7 nitrogen and oxygen atoms in total. The summed E-state index contributed by atoms with van der Waals surface area (Å²) in [6.45, 7) is 5.70. The SMILES string of the molecule is Cc1cc(C)c2c(c1)C1(SCC(=O)N1c1c(C)n(C)n(-c3ccccc3)c1=O)C(=O)N2. The zero-order chi connectivity index (χ0) is 22.1. The van der Waals surface area contributed by atoms with Crippen LogP contribution in [0.4, 0.5) is 11.4 Å². The van der Waals surface area contributed by atoms with Crippen molar-refractivity contribution in [1.82, 2.24) is 9.36 Å². The monoisotopic (exact) mass is 434 g/mol. The lowest BCUT2D eigenvalue weighted by Crippen LogP contribution is -2.49. The summed E-state index contributed by atoms with van der Waals surface area (Å²) >= 11 is 1.27. The number of thioether (sulfide) groups is 1. The van der Waals surface area contributed by atoms with Crippen molar-refractivity contribution in [2.24, 2.45) is 7.05 Å². The van der Waals surface area contributed by atoms with Gasteiger partial charge in [-0.1, -0.05) is 35.9 Å². The summed E-state index contributed by atoms with van der Waals surface area (Å²) in [6.07, 6.45) is 0. The Balaban J connectivity index is 1.79. The van der Waals surface area contributed by atoms with Gasteiger partial charge in [0.25, 0.3) is 11.5 Å². The smallest absolute Gasteiger partial charge is 0.295 e. The molecule has 5 rings (SSSR count). The summed E-state index contributed by atoms with van der Waals surface area (Å²) in [5.74, 6) is -0.418. The fraction of sp³-hybridized carbons (Fsp3) is 0.261. The van der Waals surface area contributed by atoms with Gasteiger partial charge in [0.15, 0.2) is 0 Å². The third-order valence-corrected chi connectivity index (χ3v) is 7.50. The van der Waals surface area contributed by atoms with Crippen LogP contribution in [0.25, 0.3) is 5.69 Å². The van der Waals surface area contributed by atoms with Gasteiger partial charge in [0.05, 0.1) is 22.8 Å². The number of hydrogen-bond acceptors (Lipinski definition) is 4. The Kier molecular flexibility index (Phi) is 4.20. The highest BCUT2D eigenvalue weighted by Crippen LogP contribution is 2.54. The van der Waals surface area contributed by atoms with E-state index in [-0.39, 0.29) is 28.8 Å². The largest absolute Gasteiger partial charge is 0.322 e. The van der Waals surface area contributed by atoms with Gasteiger partial charge >= 0.3 is 0 Å². The van der Waals surface area contributed by atoms with Crippen LogP contribution >= 0.6 is 11.8 Å². The number of benzene rings is 2. The van der Waals surface area contributed by atoms with Crippen LogP contribution in [0.2, 0.25) is 0 Å². The minimum absolute atomic E-state index is 0.124. The molecule has 2 amide bonds. The van der Waals surface area contributed by atoms with Crippen molar-refractivity contribution < 1.29 is 9.59 Å². The number of fused-ring (bicyclic) bond motifs is 2. The predicted octanol–water partition coefficient (Wildman–Crippen LogP) is 2.99. The minimum Gasteiger partial charge on any atom is -0.322 e. The molecule has 1 saturated heterocycles.